The summed E-state index contributed by atoms with van der Waals surface area (Å²) in [6.07, 6.45) is 1.95. The molecule has 0 saturated heterocycles. The molecule has 1 saturated carbocycles. The van der Waals surface area contributed by atoms with Crippen molar-refractivity contribution in [3.63, 3.8) is 0 Å². The van der Waals surface area contributed by atoms with Gasteiger partial charge in [-0.15, -0.1) is 0 Å². The maximum Gasteiger partial charge on any atom is 0.255 e. The van der Waals surface area contributed by atoms with E-state index in [1.165, 1.54) is 0 Å². The second kappa shape index (κ2) is 4.13. The standard InChI is InChI=1S/C11H10BrF2NO/c1-15(6-2-3-6)11(16)7-4-9(13)10(14)5-8(7)12/h4-6H,2-3H2,1H3. The Kier molecular flexibility index (Phi) is 2.97. The molecule has 0 aliphatic heterocycles. The maximum absolute atomic E-state index is 13.0. The summed E-state index contributed by atoms with van der Waals surface area (Å²) in [5.74, 6) is -2.25. The maximum atomic E-state index is 13.0. The Bertz CT molecular complexity index is 446. The van der Waals surface area contributed by atoms with Crippen LogP contribution in [0.3, 0.4) is 0 Å². The molecule has 1 aliphatic carbocycles. The number of carbonyl (C=O) groups is 1. The van der Waals surface area contributed by atoms with Crippen molar-refractivity contribution < 1.29 is 13.6 Å². The van der Waals surface area contributed by atoms with E-state index in [-0.39, 0.29) is 22.0 Å². The van der Waals surface area contributed by atoms with Crippen molar-refractivity contribution in [2.45, 2.75) is 18.9 Å². The van der Waals surface area contributed by atoms with Crippen LogP contribution in [0.2, 0.25) is 0 Å². The van der Waals surface area contributed by atoms with Crippen molar-refractivity contribution in [2.75, 3.05) is 7.05 Å². The molecular formula is C11H10BrF2NO. The SMILES string of the molecule is CN(C(=O)c1cc(F)c(F)cc1Br)C1CC1. The van der Waals surface area contributed by atoms with Gasteiger partial charge in [0.05, 0.1) is 5.56 Å². The summed E-state index contributed by atoms with van der Waals surface area (Å²) in [6.45, 7) is 0. The molecule has 16 heavy (non-hydrogen) atoms. The van der Waals surface area contributed by atoms with E-state index >= 15 is 0 Å². The first kappa shape index (κ1) is 11.5. The Balaban J connectivity index is 2.32. The number of amides is 1. The normalized spacial score (nSPS) is 15.0. The summed E-state index contributed by atoms with van der Waals surface area (Å²) in [5, 5.41) is 0. The van der Waals surface area contributed by atoms with Crippen molar-refractivity contribution >= 4 is 21.8 Å². The highest BCUT2D eigenvalue weighted by Crippen LogP contribution is 2.29. The first-order valence-electron chi connectivity index (χ1n) is 4.92. The Morgan fingerprint density at radius 1 is 1.38 bits per heavy atom. The molecule has 0 aromatic heterocycles. The number of hydrogen-bond donors (Lipinski definition) is 0. The Morgan fingerprint density at radius 2 is 1.94 bits per heavy atom. The molecule has 1 aromatic carbocycles. The van der Waals surface area contributed by atoms with Gasteiger partial charge in [-0.25, -0.2) is 8.78 Å². The van der Waals surface area contributed by atoms with Crippen LogP contribution in [0.15, 0.2) is 16.6 Å². The minimum Gasteiger partial charge on any atom is -0.339 e. The van der Waals surface area contributed by atoms with E-state index in [9.17, 15) is 13.6 Å². The zero-order valence-corrected chi connectivity index (χ0v) is 10.2. The van der Waals surface area contributed by atoms with Crippen molar-refractivity contribution in [1.82, 2.24) is 4.90 Å². The fourth-order valence-electron chi connectivity index (χ4n) is 1.50. The van der Waals surface area contributed by atoms with Gasteiger partial charge in [-0.05, 0) is 40.9 Å². The fourth-order valence-corrected chi connectivity index (χ4v) is 1.99. The number of halogens is 3. The second-order valence-corrected chi connectivity index (χ2v) is 4.75. The highest BCUT2D eigenvalue weighted by Gasteiger charge is 2.31. The molecule has 1 aromatic rings. The van der Waals surface area contributed by atoms with Crippen molar-refractivity contribution in [1.29, 1.82) is 0 Å². The highest BCUT2D eigenvalue weighted by atomic mass is 79.9. The van der Waals surface area contributed by atoms with Gasteiger partial charge in [0, 0.05) is 17.6 Å². The van der Waals surface area contributed by atoms with E-state index in [0.717, 1.165) is 25.0 Å². The van der Waals surface area contributed by atoms with E-state index in [4.69, 9.17) is 0 Å². The summed E-state index contributed by atoms with van der Waals surface area (Å²) in [6, 6.07) is 2.15. The molecule has 1 aliphatic rings. The molecule has 1 amide bonds. The Labute approximate surface area is 100 Å². The summed E-state index contributed by atoms with van der Waals surface area (Å²) in [7, 11) is 1.67. The van der Waals surface area contributed by atoms with Gasteiger partial charge in [0.1, 0.15) is 0 Å². The lowest BCUT2D eigenvalue weighted by Gasteiger charge is -2.17. The van der Waals surface area contributed by atoms with Crippen molar-refractivity contribution in [2.24, 2.45) is 0 Å². The van der Waals surface area contributed by atoms with Crippen LogP contribution in [0.25, 0.3) is 0 Å². The van der Waals surface area contributed by atoms with Crippen LogP contribution in [0.4, 0.5) is 8.78 Å². The molecule has 0 heterocycles. The predicted molar refractivity (Wildman–Crippen MR) is 59.2 cm³/mol. The molecule has 0 N–H and O–H groups in total. The summed E-state index contributed by atoms with van der Waals surface area (Å²) in [4.78, 5) is 13.5. The zero-order chi connectivity index (χ0) is 11.9. The highest BCUT2D eigenvalue weighted by molar-refractivity contribution is 9.10. The van der Waals surface area contributed by atoms with Crippen LogP contribution in [-0.4, -0.2) is 23.9 Å². The average molecular weight is 290 g/mol. The zero-order valence-electron chi connectivity index (χ0n) is 8.64. The molecule has 0 radical (unpaired) electrons. The third-order valence-corrected chi connectivity index (χ3v) is 3.31. The third-order valence-electron chi connectivity index (χ3n) is 2.66. The van der Waals surface area contributed by atoms with Gasteiger partial charge in [-0.1, -0.05) is 0 Å². The molecule has 1 fully saturated rings. The van der Waals surface area contributed by atoms with Crippen LogP contribution >= 0.6 is 15.9 Å². The van der Waals surface area contributed by atoms with Crippen molar-refractivity contribution in [3.05, 3.63) is 33.8 Å². The molecular weight excluding hydrogens is 280 g/mol. The van der Waals surface area contributed by atoms with Gasteiger partial charge >= 0.3 is 0 Å². The molecule has 5 heteroatoms. The van der Waals surface area contributed by atoms with E-state index in [1.54, 1.807) is 11.9 Å². The lowest BCUT2D eigenvalue weighted by molar-refractivity contribution is 0.0783. The molecule has 2 nitrogen and oxygen atoms in total. The van der Waals surface area contributed by atoms with Crippen LogP contribution < -0.4 is 0 Å². The molecule has 0 bridgehead atoms. The van der Waals surface area contributed by atoms with E-state index in [1.807, 2.05) is 0 Å². The third kappa shape index (κ3) is 2.09. The summed E-state index contributed by atoms with van der Waals surface area (Å²) in [5.41, 5.74) is 0.160. The number of nitrogens with zero attached hydrogens (tertiary/aromatic N) is 1. The van der Waals surface area contributed by atoms with Gasteiger partial charge in [0.2, 0.25) is 0 Å². The minimum atomic E-state index is -1.00. The van der Waals surface area contributed by atoms with Crippen LogP contribution in [0.1, 0.15) is 23.2 Å². The van der Waals surface area contributed by atoms with E-state index in [2.05, 4.69) is 15.9 Å². The van der Waals surface area contributed by atoms with E-state index in [0.29, 0.717) is 0 Å². The van der Waals surface area contributed by atoms with Gasteiger partial charge in [-0.2, -0.15) is 0 Å². The first-order valence-corrected chi connectivity index (χ1v) is 5.71. The van der Waals surface area contributed by atoms with Crippen LogP contribution in [0.5, 0.6) is 0 Å². The van der Waals surface area contributed by atoms with Gasteiger partial charge in [0.25, 0.3) is 5.91 Å². The Hall–Kier alpha value is -0.970. The Morgan fingerprint density at radius 3 is 2.50 bits per heavy atom. The van der Waals surface area contributed by atoms with Gasteiger partial charge < -0.3 is 4.90 Å². The van der Waals surface area contributed by atoms with E-state index < -0.39 is 11.6 Å². The topological polar surface area (TPSA) is 20.3 Å². The quantitative estimate of drug-likeness (QED) is 0.767. The molecule has 86 valence electrons. The number of carbonyl (C=O) groups excluding carboxylic acids is 1. The lowest BCUT2D eigenvalue weighted by Crippen LogP contribution is -2.29. The minimum absolute atomic E-state index is 0.160. The number of hydrogen-bond acceptors (Lipinski definition) is 1. The van der Waals surface area contributed by atoms with Gasteiger partial charge in [-0.3, -0.25) is 4.79 Å². The molecule has 0 spiro atoms. The van der Waals surface area contributed by atoms with Crippen molar-refractivity contribution in [3.8, 4) is 0 Å². The summed E-state index contributed by atoms with van der Waals surface area (Å²) < 4.78 is 26.2. The summed E-state index contributed by atoms with van der Waals surface area (Å²) >= 11 is 3.07. The molecule has 0 unspecified atom stereocenters. The average Bonchev–Trinajstić information content (AvgIpc) is 3.05. The molecule has 0 atom stereocenters. The first-order chi connectivity index (χ1) is 7.50. The number of rotatable bonds is 2. The monoisotopic (exact) mass is 289 g/mol. The number of benzene rings is 1. The largest absolute Gasteiger partial charge is 0.339 e. The lowest BCUT2D eigenvalue weighted by atomic mass is 10.2. The second-order valence-electron chi connectivity index (χ2n) is 3.89. The fraction of sp³-hybridized carbons (Fsp3) is 0.364. The smallest absolute Gasteiger partial charge is 0.255 e. The van der Waals surface area contributed by atoms with Gasteiger partial charge in [0.15, 0.2) is 11.6 Å². The van der Waals surface area contributed by atoms with Crippen LogP contribution in [-0.2, 0) is 0 Å². The molecule has 2 rings (SSSR count). The predicted octanol–water partition coefficient (Wildman–Crippen LogP) is 2.96. The van der Waals surface area contributed by atoms with Crippen LogP contribution in [0, 0.1) is 11.6 Å².